The third-order valence-corrected chi connectivity index (χ3v) is 6.30. The normalized spacial score (nSPS) is 11.1. The van der Waals surface area contributed by atoms with Crippen LogP contribution in [0, 0.1) is 35.3 Å². The van der Waals surface area contributed by atoms with Gasteiger partial charge in [-0.25, -0.2) is 4.98 Å². The van der Waals surface area contributed by atoms with Crippen molar-refractivity contribution in [2.45, 2.75) is 13.8 Å². The number of hydrogen-bond acceptors (Lipinski definition) is 6. The maximum Gasteiger partial charge on any atom is 0.287 e. The summed E-state index contributed by atoms with van der Waals surface area (Å²) in [5.74, 6) is 0.160. The molecule has 0 spiro atoms. The van der Waals surface area contributed by atoms with Crippen LogP contribution in [0.2, 0.25) is 10.0 Å². The predicted octanol–water partition coefficient (Wildman–Crippen LogP) is 7.04. The van der Waals surface area contributed by atoms with E-state index in [4.69, 9.17) is 27.9 Å². The van der Waals surface area contributed by atoms with Gasteiger partial charge in [0.15, 0.2) is 0 Å². The number of nitrogens with one attached hydrogen (secondary N) is 1. The summed E-state index contributed by atoms with van der Waals surface area (Å²) in [6.45, 7) is 3.80. The van der Waals surface area contributed by atoms with Gasteiger partial charge in [-0.2, -0.15) is 5.26 Å². The molecule has 0 unspecified atom stereocenters. The van der Waals surface area contributed by atoms with Crippen molar-refractivity contribution < 1.29 is 14.5 Å². The van der Waals surface area contributed by atoms with Crippen LogP contribution >= 0.6 is 23.2 Å². The Morgan fingerprint density at radius 3 is 2.45 bits per heavy atom. The van der Waals surface area contributed by atoms with Gasteiger partial charge in [0.05, 0.1) is 15.0 Å². The highest BCUT2D eigenvalue weighted by molar-refractivity contribution is 6.42. The van der Waals surface area contributed by atoms with E-state index >= 15 is 0 Å². The summed E-state index contributed by atoms with van der Waals surface area (Å²) in [6, 6.07) is 18.4. The van der Waals surface area contributed by atoms with Crippen molar-refractivity contribution in [3.63, 3.8) is 0 Å². The average Bonchev–Trinajstić information content (AvgIpc) is 3.17. The molecule has 2 aromatic heterocycles. The van der Waals surface area contributed by atoms with Gasteiger partial charge in [-0.05, 0) is 74.0 Å². The van der Waals surface area contributed by atoms with Crippen LogP contribution in [0.15, 0.2) is 72.4 Å². The van der Waals surface area contributed by atoms with Crippen LogP contribution in [-0.2, 0) is 4.79 Å². The quantitative estimate of drug-likeness (QED) is 0.114. The number of rotatable bonds is 7. The van der Waals surface area contributed by atoms with Crippen molar-refractivity contribution in [2.24, 2.45) is 0 Å². The molecule has 11 heteroatoms. The van der Waals surface area contributed by atoms with Crippen LogP contribution in [-0.4, -0.2) is 20.4 Å². The molecule has 0 aliphatic carbocycles. The van der Waals surface area contributed by atoms with Gasteiger partial charge >= 0.3 is 0 Å². The fraction of sp³-hybridized carbons (Fsp3) is 0.0741. The number of nitrogens with zero attached hydrogens (tertiary/aromatic N) is 4. The second kappa shape index (κ2) is 11.2. The molecule has 4 rings (SSSR count). The molecule has 1 amide bonds. The summed E-state index contributed by atoms with van der Waals surface area (Å²) in [7, 11) is 0. The van der Waals surface area contributed by atoms with E-state index in [0.717, 1.165) is 23.3 Å². The first-order valence-corrected chi connectivity index (χ1v) is 11.9. The van der Waals surface area contributed by atoms with Gasteiger partial charge in [0.2, 0.25) is 5.88 Å². The lowest BCUT2D eigenvalue weighted by atomic mass is 10.1. The van der Waals surface area contributed by atoms with Crippen LogP contribution in [0.4, 0.5) is 11.4 Å². The summed E-state index contributed by atoms with van der Waals surface area (Å²) in [4.78, 5) is 26.9. The van der Waals surface area contributed by atoms with E-state index in [-0.39, 0.29) is 22.2 Å². The Kier molecular flexibility index (Phi) is 7.76. The summed E-state index contributed by atoms with van der Waals surface area (Å²) in [5, 5.41) is 23.7. The van der Waals surface area contributed by atoms with Crippen LogP contribution in [0.1, 0.15) is 17.0 Å². The second-order valence-corrected chi connectivity index (χ2v) is 8.94. The maximum absolute atomic E-state index is 12.7. The number of anilines is 1. The molecule has 2 heterocycles. The SMILES string of the molecule is Cc1cc(/C=C(/C#N)C(=O)Nc2ccc(Cl)c(Cl)c2)c(C)n1-c1ccc(Oc2ccc([N+](=O)[O-])cn2)cc1. The highest BCUT2D eigenvalue weighted by Gasteiger charge is 2.15. The molecule has 1 N–H and O–H groups in total. The van der Waals surface area contributed by atoms with E-state index < -0.39 is 10.8 Å². The topological polar surface area (TPSA) is 123 Å². The lowest BCUT2D eigenvalue weighted by Gasteiger charge is -2.11. The lowest BCUT2D eigenvalue weighted by molar-refractivity contribution is -0.385. The number of aryl methyl sites for hydroxylation is 1. The molecule has 38 heavy (non-hydrogen) atoms. The largest absolute Gasteiger partial charge is 0.439 e. The first-order chi connectivity index (χ1) is 18.2. The van der Waals surface area contributed by atoms with Crippen molar-refractivity contribution in [3.8, 4) is 23.4 Å². The molecule has 4 aromatic rings. The molecule has 9 nitrogen and oxygen atoms in total. The minimum atomic E-state index is -0.572. The second-order valence-electron chi connectivity index (χ2n) is 8.12. The molecule has 0 aliphatic heterocycles. The number of aromatic nitrogens is 2. The fourth-order valence-corrected chi connectivity index (χ4v) is 4.03. The number of carbonyl (C=O) groups excluding carboxylic acids is 1. The Balaban J connectivity index is 1.53. The zero-order valence-corrected chi connectivity index (χ0v) is 21.6. The Bertz CT molecular complexity index is 1600. The summed E-state index contributed by atoms with van der Waals surface area (Å²) >= 11 is 11.9. The van der Waals surface area contributed by atoms with Gasteiger partial charge in [-0.1, -0.05) is 23.2 Å². The molecule has 2 aromatic carbocycles. The Morgan fingerprint density at radius 1 is 1.11 bits per heavy atom. The first kappa shape index (κ1) is 26.4. The van der Waals surface area contributed by atoms with Gasteiger partial charge in [0, 0.05) is 34.9 Å². The fourth-order valence-electron chi connectivity index (χ4n) is 3.73. The third-order valence-electron chi connectivity index (χ3n) is 5.56. The minimum absolute atomic E-state index is 0.0735. The molecular weight excluding hydrogens is 529 g/mol. The van der Waals surface area contributed by atoms with E-state index in [0.29, 0.717) is 22.0 Å². The number of amides is 1. The summed E-state index contributed by atoms with van der Waals surface area (Å²) in [6.07, 6.45) is 2.66. The average molecular weight is 548 g/mol. The minimum Gasteiger partial charge on any atom is -0.439 e. The maximum atomic E-state index is 12.7. The monoisotopic (exact) mass is 547 g/mol. The molecule has 0 saturated carbocycles. The highest BCUT2D eigenvalue weighted by atomic mass is 35.5. The number of hydrogen-bond donors (Lipinski definition) is 1. The Hall–Kier alpha value is -4.65. The summed E-state index contributed by atoms with van der Waals surface area (Å²) < 4.78 is 7.66. The van der Waals surface area contributed by atoms with Gasteiger partial charge in [0.1, 0.15) is 23.6 Å². The molecular formula is C27H19Cl2N5O4. The van der Waals surface area contributed by atoms with Crippen molar-refractivity contribution in [1.82, 2.24) is 9.55 Å². The number of carbonyl (C=O) groups is 1. The third kappa shape index (κ3) is 5.83. The molecule has 0 aliphatic rings. The van der Waals surface area contributed by atoms with Crippen molar-refractivity contribution in [2.75, 3.05) is 5.32 Å². The Labute approximate surface area is 227 Å². The lowest BCUT2D eigenvalue weighted by Crippen LogP contribution is -2.13. The molecule has 0 fully saturated rings. The number of ether oxygens (including phenoxy) is 1. The number of nitro groups is 1. The van der Waals surface area contributed by atoms with E-state index in [1.165, 1.54) is 24.3 Å². The molecule has 0 atom stereocenters. The zero-order valence-electron chi connectivity index (χ0n) is 20.1. The number of halogens is 2. The van der Waals surface area contributed by atoms with Crippen molar-refractivity contribution >= 4 is 46.6 Å². The standard InChI is InChI=1S/C27H19Cl2N5O4/c1-16-11-18(12-19(14-30)27(35)32-20-3-9-24(28)25(29)13-20)17(2)33(16)21-4-7-23(8-5-21)38-26-10-6-22(15-31-26)34(36)37/h3-13,15H,1-2H3,(H,32,35)/b19-12-. The van der Waals surface area contributed by atoms with Crippen molar-refractivity contribution in [1.29, 1.82) is 5.26 Å². The van der Waals surface area contributed by atoms with E-state index in [1.807, 2.05) is 42.7 Å². The van der Waals surface area contributed by atoms with Crippen LogP contribution in [0.25, 0.3) is 11.8 Å². The first-order valence-electron chi connectivity index (χ1n) is 11.1. The number of pyridine rings is 1. The van der Waals surface area contributed by atoms with Crippen LogP contribution in [0.3, 0.4) is 0 Å². The highest BCUT2D eigenvalue weighted by Crippen LogP contribution is 2.28. The van der Waals surface area contributed by atoms with Gasteiger partial charge in [-0.15, -0.1) is 0 Å². The van der Waals surface area contributed by atoms with Crippen LogP contribution in [0.5, 0.6) is 11.6 Å². The van der Waals surface area contributed by atoms with Gasteiger partial charge in [0.25, 0.3) is 11.6 Å². The van der Waals surface area contributed by atoms with Crippen molar-refractivity contribution in [3.05, 3.63) is 110 Å². The van der Waals surface area contributed by atoms with E-state index in [1.54, 1.807) is 24.3 Å². The molecule has 190 valence electrons. The van der Waals surface area contributed by atoms with Gasteiger partial charge < -0.3 is 14.6 Å². The predicted molar refractivity (Wildman–Crippen MR) is 145 cm³/mol. The molecule has 0 saturated heterocycles. The smallest absolute Gasteiger partial charge is 0.287 e. The van der Waals surface area contributed by atoms with E-state index in [9.17, 15) is 20.2 Å². The van der Waals surface area contributed by atoms with Gasteiger partial charge in [-0.3, -0.25) is 14.9 Å². The molecule has 0 bridgehead atoms. The number of nitriles is 1. The van der Waals surface area contributed by atoms with E-state index in [2.05, 4.69) is 10.3 Å². The molecule has 0 radical (unpaired) electrons. The van der Waals surface area contributed by atoms with Crippen LogP contribution < -0.4 is 10.1 Å². The Morgan fingerprint density at radius 2 is 1.84 bits per heavy atom. The summed E-state index contributed by atoms with van der Waals surface area (Å²) in [5.41, 5.74) is 3.48. The number of benzene rings is 2. The zero-order chi connectivity index (χ0) is 27.4.